The lowest BCUT2D eigenvalue weighted by Crippen LogP contribution is -3.00. The van der Waals surface area contributed by atoms with E-state index in [0.717, 1.165) is 6.07 Å². The van der Waals surface area contributed by atoms with Crippen LogP contribution in [0.4, 0.5) is 0 Å². The third-order valence-corrected chi connectivity index (χ3v) is 4.07. The Bertz CT molecular complexity index is 505. The first-order valence-electron chi connectivity index (χ1n) is 3.20. The van der Waals surface area contributed by atoms with Gasteiger partial charge >= 0.3 is 0 Å². The summed E-state index contributed by atoms with van der Waals surface area (Å²) in [6, 6.07) is 4.48. The van der Waals surface area contributed by atoms with E-state index in [1.54, 1.807) is 0 Å². The SMILES string of the molecule is O=S(=O)(Cl)c1cccc(S(=O)(=O)Cl)c1.[F-]. The van der Waals surface area contributed by atoms with Crippen molar-refractivity contribution in [2.75, 3.05) is 0 Å². The summed E-state index contributed by atoms with van der Waals surface area (Å²) < 4.78 is 43.4. The largest absolute Gasteiger partial charge is 1.00 e. The number of rotatable bonds is 2. The molecule has 15 heavy (non-hydrogen) atoms. The van der Waals surface area contributed by atoms with Gasteiger partial charge in [-0.2, -0.15) is 0 Å². The molecule has 0 spiro atoms. The predicted octanol–water partition coefficient (Wildman–Crippen LogP) is -1.45. The second kappa shape index (κ2) is 4.65. The van der Waals surface area contributed by atoms with Gasteiger partial charge in [-0.1, -0.05) is 6.07 Å². The summed E-state index contributed by atoms with van der Waals surface area (Å²) in [4.78, 5) is -0.609. The van der Waals surface area contributed by atoms with Crippen molar-refractivity contribution in [2.24, 2.45) is 0 Å². The van der Waals surface area contributed by atoms with Gasteiger partial charge in [0, 0.05) is 21.4 Å². The van der Waals surface area contributed by atoms with Crippen molar-refractivity contribution in [1.29, 1.82) is 0 Å². The van der Waals surface area contributed by atoms with Crippen LogP contribution in [0.15, 0.2) is 34.1 Å². The molecule has 0 amide bonds. The molecule has 0 fully saturated rings. The molecule has 0 aliphatic carbocycles. The summed E-state index contributed by atoms with van der Waals surface area (Å²) in [6.07, 6.45) is 0. The lowest BCUT2D eigenvalue weighted by atomic mass is 10.4. The van der Waals surface area contributed by atoms with E-state index < -0.39 is 18.1 Å². The molecular formula is C6H4Cl2FO4S2-. The van der Waals surface area contributed by atoms with E-state index in [4.69, 9.17) is 21.4 Å². The standard InChI is InChI=1S/C6H4Cl2O4S2.FH/c7-13(9,10)5-2-1-3-6(4-5)14(8,11)12;/h1-4H;1H/p-1. The summed E-state index contributed by atoms with van der Waals surface area (Å²) in [5, 5.41) is 0. The molecule has 1 aromatic carbocycles. The zero-order valence-electron chi connectivity index (χ0n) is 6.89. The van der Waals surface area contributed by atoms with Crippen LogP contribution in [0, 0.1) is 0 Å². The van der Waals surface area contributed by atoms with Crippen molar-refractivity contribution < 1.29 is 21.5 Å². The molecule has 0 atom stereocenters. The van der Waals surface area contributed by atoms with Gasteiger partial charge in [0.15, 0.2) is 0 Å². The molecule has 1 aromatic rings. The molecule has 0 saturated heterocycles. The molecule has 86 valence electrons. The minimum Gasteiger partial charge on any atom is -1.00 e. The molecule has 0 heterocycles. The van der Waals surface area contributed by atoms with Gasteiger partial charge in [0.1, 0.15) is 0 Å². The Morgan fingerprint density at radius 3 is 1.47 bits per heavy atom. The predicted molar refractivity (Wildman–Crippen MR) is 52.5 cm³/mol. The Labute approximate surface area is 95.0 Å². The lowest BCUT2D eigenvalue weighted by molar-refractivity contribution is -0.00000730. The van der Waals surface area contributed by atoms with Crippen molar-refractivity contribution in [1.82, 2.24) is 0 Å². The maximum Gasteiger partial charge on any atom is 0.261 e. The lowest BCUT2D eigenvalue weighted by Gasteiger charge is -1.98. The van der Waals surface area contributed by atoms with Crippen LogP contribution < -0.4 is 4.70 Å². The highest BCUT2D eigenvalue weighted by molar-refractivity contribution is 8.14. The maximum absolute atomic E-state index is 10.8. The molecule has 0 radical (unpaired) electrons. The monoisotopic (exact) mass is 293 g/mol. The van der Waals surface area contributed by atoms with E-state index in [2.05, 4.69) is 0 Å². The van der Waals surface area contributed by atoms with Gasteiger partial charge in [0.05, 0.1) is 9.79 Å². The Morgan fingerprint density at radius 2 is 1.20 bits per heavy atom. The first-order valence-corrected chi connectivity index (χ1v) is 7.82. The van der Waals surface area contributed by atoms with Crippen LogP contribution in [0.25, 0.3) is 0 Å². The molecule has 4 nitrogen and oxygen atoms in total. The van der Waals surface area contributed by atoms with Crippen LogP contribution >= 0.6 is 21.4 Å². The first kappa shape index (κ1) is 14.6. The molecule has 0 saturated carbocycles. The first-order chi connectivity index (χ1) is 6.21. The van der Waals surface area contributed by atoms with Crippen LogP contribution in [0.1, 0.15) is 0 Å². The smallest absolute Gasteiger partial charge is 0.261 e. The van der Waals surface area contributed by atoms with E-state index in [-0.39, 0.29) is 14.5 Å². The van der Waals surface area contributed by atoms with Crippen LogP contribution in [-0.2, 0) is 18.1 Å². The third-order valence-electron chi connectivity index (χ3n) is 1.37. The molecule has 0 aromatic heterocycles. The third kappa shape index (κ3) is 3.94. The van der Waals surface area contributed by atoms with Gasteiger partial charge in [-0.05, 0) is 18.2 Å². The molecule has 0 unspecified atom stereocenters. The Hall–Kier alpha value is -0.370. The zero-order valence-corrected chi connectivity index (χ0v) is 10.0. The van der Waals surface area contributed by atoms with Crippen LogP contribution in [0.2, 0.25) is 0 Å². The molecule has 1 rings (SSSR count). The normalized spacial score (nSPS) is 11.9. The quantitative estimate of drug-likeness (QED) is 0.626. The van der Waals surface area contributed by atoms with Crippen LogP contribution in [0.5, 0.6) is 0 Å². The second-order valence-corrected chi connectivity index (χ2v) is 7.48. The van der Waals surface area contributed by atoms with E-state index in [1.807, 2.05) is 0 Å². The average molecular weight is 294 g/mol. The number of benzene rings is 1. The van der Waals surface area contributed by atoms with E-state index >= 15 is 0 Å². The van der Waals surface area contributed by atoms with Gasteiger partial charge < -0.3 is 4.70 Å². The second-order valence-electron chi connectivity index (χ2n) is 2.35. The average Bonchev–Trinajstić information content (AvgIpc) is 2.01. The molecule has 0 aliphatic heterocycles. The van der Waals surface area contributed by atoms with Crippen molar-refractivity contribution in [3.05, 3.63) is 24.3 Å². The topological polar surface area (TPSA) is 68.3 Å². The molecule has 0 N–H and O–H groups in total. The summed E-state index contributed by atoms with van der Waals surface area (Å²) in [5.74, 6) is 0. The highest BCUT2D eigenvalue weighted by atomic mass is 35.7. The van der Waals surface area contributed by atoms with Gasteiger partial charge in [0.2, 0.25) is 0 Å². The summed E-state index contributed by atoms with van der Waals surface area (Å²) in [7, 11) is 2.16. The van der Waals surface area contributed by atoms with Crippen LogP contribution in [0.3, 0.4) is 0 Å². The number of hydrogen-bond acceptors (Lipinski definition) is 4. The Kier molecular flexibility index (Phi) is 4.53. The fourth-order valence-corrected chi connectivity index (χ4v) is 2.45. The van der Waals surface area contributed by atoms with E-state index in [0.29, 0.717) is 0 Å². The molecule has 0 aliphatic rings. The van der Waals surface area contributed by atoms with Crippen LogP contribution in [-0.4, -0.2) is 16.8 Å². The number of hydrogen-bond donors (Lipinski definition) is 0. The van der Waals surface area contributed by atoms with Gasteiger partial charge in [-0.15, -0.1) is 0 Å². The summed E-state index contributed by atoms with van der Waals surface area (Å²) in [6.45, 7) is 0. The summed E-state index contributed by atoms with van der Waals surface area (Å²) in [5.41, 5.74) is 0. The van der Waals surface area contributed by atoms with Gasteiger partial charge in [-0.25, -0.2) is 16.8 Å². The van der Waals surface area contributed by atoms with Crippen molar-refractivity contribution >= 4 is 39.5 Å². The minimum absolute atomic E-state index is 0. The van der Waals surface area contributed by atoms with E-state index in [1.165, 1.54) is 18.2 Å². The fraction of sp³-hybridized carbons (Fsp3) is 0. The highest BCUT2D eigenvalue weighted by Gasteiger charge is 2.15. The Balaban J connectivity index is 0.00000196. The van der Waals surface area contributed by atoms with E-state index in [9.17, 15) is 16.8 Å². The summed E-state index contributed by atoms with van der Waals surface area (Å²) >= 11 is 0. The molecule has 9 heteroatoms. The van der Waals surface area contributed by atoms with Crippen molar-refractivity contribution in [3.63, 3.8) is 0 Å². The van der Waals surface area contributed by atoms with Gasteiger partial charge in [-0.3, -0.25) is 0 Å². The Morgan fingerprint density at radius 1 is 0.867 bits per heavy atom. The zero-order chi connectivity index (χ0) is 11.0. The number of halogens is 3. The highest BCUT2D eigenvalue weighted by Crippen LogP contribution is 2.21. The minimum atomic E-state index is -3.94. The van der Waals surface area contributed by atoms with Crippen molar-refractivity contribution in [2.45, 2.75) is 9.79 Å². The maximum atomic E-state index is 10.8. The van der Waals surface area contributed by atoms with Crippen molar-refractivity contribution in [3.8, 4) is 0 Å². The fourth-order valence-electron chi connectivity index (χ4n) is 0.778. The van der Waals surface area contributed by atoms with Gasteiger partial charge in [0.25, 0.3) is 18.1 Å². The molecule has 0 bridgehead atoms. The molecular weight excluding hydrogens is 290 g/mol.